The van der Waals surface area contributed by atoms with Gasteiger partial charge in [0.15, 0.2) is 5.78 Å². The molecule has 210 valence electrons. The number of likely N-dealkylation sites (N-methyl/N-ethyl adjacent to an activating group) is 1. The molecule has 0 aliphatic heterocycles. The molecule has 4 rings (SSSR count). The van der Waals surface area contributed by atoms with Gasteiger partial charge in [-0.2, -0.15) is 5.26 Å². The van der Waals surface area contributed by atoms with Gasteiger partial charge in [-0.05, 0) is 70.1 Å². The lowest BCUT2D eigenvalue weighted by molar-refractivity contribution is -0.114. The highest BCUT2D eigenvalue weighted by Gasteiger charge is 2.16. The van der Waals surface area contributed by atoms with Crippen LogP contribution in [0.1, 0.15) is 55.4 Å². The number of fused-ring (bicyclic) bond motifs is 1. The van der Waals surface area contributed by atoms with Crippen LogP contribution in [-0.2, 0) is 17.8 Å². The predicted octanol–water partition coefficient (Wildman–Crippen LogP) is 6.41. The molecule has 0 fully saturated rings. The van der Waals surface area contributed by atoms with Crippen LogP contribution < -0.4 is 14.8 Å². The molecule has 0 aliphatic rings. The molecule has 2 aromatic carbocycles. The molecule has 8 nitrogen and oxygen atoms in total. The number of hydrogen-bond acceptors (Lipinski definition) is 8. The number of hydrogen-bond donors (Lipinski definition) is 1. The number of carbonyl (C=O) groups excluding carboxylic acids is 1. The van der Waals surface area contributed by atoms with E-state index in [0.717, 1.165) is 17.1 Å². The molecule has 1 N–H and O–H groups in total. The molecule has 0 saturated carbocycles. The van der Waals surface area contributed by atoms with Crippen molar-refractivity contribution in [2.45, 2.75) is 26.8 Å². The van der Waals surface area contributed by atoms with Crippen LogP contribution in [0.15, 0.2) is 66.7 Å². The van der Waals surface area contributed by atoms with Gasteiger partial charge in [-0.1, -0.05) is 23.7 Å². The smallest absolute Gasteiger partial charge is 0.159 e. The number of carbonyl (C=O) groups is 1. The third kappa shape index (κ3) is 7.82. The molecule has 0 saturated heterocycles. The van der Waals surface area contributed by atoms with Crippen molar-refractivity contribution in [2.75, 3.05) is 32.4 Å². The van der Waals surface area contributed by atoms with E-state index in [1.807, 2.05) is 0 Å². The zero-order chi connectivity index (χ0) is 45.8. The molecule has 0 amide bonds. The summed E-state index contributed by atoms with van der Waals surface area (Å²) >= 11 is 6.42. The highest BCUT2D eigenvalue weighted by Crippen LogP contribution is 2.36. The van der Waals surface area contributed by atoms with Gasteiger partial charge in [-0.25, -0.2) is 0 Å². The van der Waals surface area contributed by atoms with E-state index in [4.69, 9.17) is 45.7 Å². The highest BCUT2D eigenvalue weighted by molar-refractivity contribution is 6.32. The summed E-state index contributed by atoms with van der Waals surface area (Å²) in [5.41, 5.74) is -4.21. The summed E-state index contributed by atoms with van der Waals surface area (Å²) in [5.74, 6) is -2.73. The molecule has 9 heteroatoms. The first kappa shape index (κ1) is 13.5. The van der Waals surface area contributed by atoms with Gasteiger partial charge in [0.1, 0.15) is 24.1 Å². The Morgan fingerprint density at radius 3 is 2.95 bits per heavy atom. The van der Waals surface area contributed by atoms with Gasteiger partial charge in [0.2, 0.25) is 0 Å². The first-order valence-corrected chi connectivity index (χ1v) is 11.9. The third-order valence-electron chi connectivity index (χ3n) is 5.04. The van der Waals surface area contributed by atoms with Crippen molar-refractivity contribution in [2.24, 2.45) is 0 Å². The van der Waals surface area contributed by atoms with E-state index in [9.17, 15) is 11.4 Å². The van der Waals surface area contributed by atoms with Crippen LogP contribution in [0, 0.1) is 18.3 Å². The maximum Gasteiger partial charge on any atom is 0.159 e. The fraction of sp³-hybridized carbons (Fsp3) is 0.250. The number of anilines is 2. The van der Waals surface area contributed by atoms with E-state index in [1.165, 1.54) is 14.0 Å². The Hall–Kier alpha value is -4.45. The monoisotopic (exact) mass is 588 g/mol. The largest absolute Gasteiger partial charge is 0.494 e. The minimum Gasteiger partial charge on any atom is -0.494 e. The SMILES string of the molecule is [2H]c1nc2c([2H])c(OC([2H])([2H])C([2H])([2H])[2H])c(CC(=O)/C=C/CN(C)C([2H])([2H])[2H])c([2H])c2c(Nc2c([2H])c([2H])c(OC([2H])([2H])c3nc(C)c([2H])c([2H])c3[2H])c(Cl)c2[2H])c1C#N. The molecule has 0 atom stereocenters. The lowest BCUT2D eigenvalue weighted by Crippen LogP contribution is -2.11. The number of benzene rings is 2. The van der Waals surface area contributed by atoms with Crippen molar-refractivity contribution in [1.82, 2.24) is 14.9 Å². The number of nitrogens with one attached hydrogen (secondary N) is 1. The van der Waals surface area contributed by atoms with Crippen LogP contribution in [0.3, 0.4) is 0 Å². The Labute approximate surface area is 271 Å². The van der Waals surface area contributed by atoms with E-state index in [0.29, 0.717) is 0 Å². The fourth-order valence-corrected chi connectivity index (χ4v) is 3.48. The molecule has 0 spiro atoms. The molecule has 0 radical (unpaired) electrons. The number of rotatable bonds is 12. The summed E-state index contributed by atoms with van der Waals surface area (Å²) in [6.07, 6.45) is 0.285. The Morgan fingerprint density at radius 2 is 2.15 bits per heavy atom. The summed E-state index contributed by atoms with van der Waals surface area (Å²) in [4.78, 5) is 21.9. The van der Waals surface area contributed by atoms with Crippen LogP contribution in [0.25, 0.3) is 10.9 Å². The average molecular weight is 589 g/mol. The molecule has 41 heavy (non-hydrogen) atoms. The van der Waals surface area contributed by atoms with E-state index >= 15 is 0 Å². The molecule has 2 aromatic heterocycles. The van der Waals surface area contributed by atoms with Crippen molar-refractivity contribution >= 4 is 39.7 Å². The van der Waals surface area contributed by atoms with Crippen LogP contribution in [0.2, 0.25) is 5.02 Å². The van der Waals surface area contributed by atoms with Crippen LogP contribution in [0.5, 0.6) is 11.5 Å². The molecule has 4 aromatic rings. The quantitative estimate of drug-likeness (QED) is 0.189. The molecule has 2 heterocycles. The van der Waals surface area contributed by atoms with Crippen LogP contribution in [0.4, 0.5) is 11.4 Å². The van der Waals surface area contributed by atoms with E-state index in [-0.39, 0.29) is 12.2 Å². The minimum atomic E-state index is -3.54. The van der Waals surface area contributed by atoms with E-state index < -0.39 is 149 Å². The van der Waals surface area contributed by atoms with Crippen molar-refractivity contribution in [3.8, 4) is 17.6 Å². The number of ketones is 1. The maximum atomic E-state index is 13.2. The lowest BCUT2D eigenvalue weighted by atomic mass is 10.0. The number of halogens is 1. The Kier molecular flexibility index (Phi) is 4.52. The summed E-state index contributed by atoms with van der Waals surface area (Å²) in [6.45, 7) is -11.7. The second-order valence-electron chi connectivity index (χ2n) is 8.14. The number of nitrogens with zero attached hydrogens (tertiary/aromatic N) is 4. The molecule has 0 unspecified atom stereocenters. The second kappa shape index (κ2) is 13.8. The Bertz CT molecular complexity index is 2460. The summed E-state index contributed by atoms with van der Waals surface area (Å²) < 4.78 is 165. The van der Waals surface area contributed by atoms with Crippen molar-refractivity contribution in [3.05, 3.63) is 94.2 Å². The van der Waals surface area contributed by atoms with Gasteiger partial charge >= 0.3 is 0 Å². The van der Waals surface area contributed by atoms with E-state index in [2.05, 4.69) is 15.3 Å². The number of nitriles is 1. The van der Waals surface area contributed by atoms with Crippen molar-refractivity contribution in [3.63, 3.8) is 0 Å². The fourth-order valence-electron chi connectivity index (χ4n) is 3.30. The average Bonchev–Trinajstić information content (AvgIpc) is 3.14. The number of aromatic nitrogens is 2. The number of pyridine rings is 2. The number of ether oxygens (including phenoxy) is 2. The third-order valence-corrected chi connectivity index (χ3v) is 5.30. The first-order chi connectivity index (χ1) is 27.4. The first-order valence-electron chi connectivity index (χ1n) is 21.1. The number of aryl methyl sites for hydroxylation is 1. The van der Waals surface area contributed by atoms with Crippen molar-refractivity contribution in [1.29, 1.82) is 5.26 Å². The summed E-state index contributed by atoms with van der Waals surface area (Å²) in [5, 5.41) is 11.3. The van der Waals surface area contributed by atoms with Crippen LogP contribution in [-0.4, -0.2) is 47.8 Å². The van der Waals surface area contributed by atoms with Gasteiger partial charge in [0, 0.05) is 55.7 Å². The molecule has 0 bridgehead atoms. The zero-order valence-electron chi connectivity index (χ0n) is 40.5. The zero-order valence-corrected chi connectivity index (χ0v) is 22.2. The summed E-state index contributed by atoms with van der Waals surface area (Å²) in [6, 6.07) is -4.89. The van der Waals surface area contributed by atoms with Gasteiger partial charge in [-0.15, -0.1) is 0 Å². The maximum absolute atomic E-state index is 13.2. The second-order valence-corrected chi connectivity index (χ2v) is 8.52. The van der Waals surface area contributed by atoms with Gasteiger partial charge in [0.25, 0.3) is 0 Å². The van der Waals surface area contributed by atoms with Gasteiger partial charge in [-0.3, -0.25) is 14.8 Å². The topological polar surface area (TPSA) is 100 Å². The standard InChI is InChI=1S/C32H32ClN5O3/c1-5-40-31-17-29-27(15-22(31)14-26(39)10-7-13-38(3)4)32(23(18-34)19-35-29)37-24-11-12-30(28(33)16-24)41-20-25-9-6-8-21(2)36-25/h6-12,15-17,19H,5,13-14,20H2,1-4H3,(H,35,37)/b10-7+/i1D3,3D3,5D2,6D,8D,9D,11D,12D,15D,16D,17D,19D,20D2. The Balaban J connectivity index is 1.97. The molecular formula is C32H32ClN5O3. The van der Waals surface area contributed by atoms with E-state index in [1.54, 1.807) is 6.07 Å². The number of allylic oxidation sites excluding steroid dienone is 1. The molecular weight excluding hydrogens is 538 g/mol. The minimum absolute atomic E-state index is 0.133. The highest BCUT2D eigenvalue weighted by atomic mass is 35.5. The van der Waals surface area contributed by atoms with Crippen LogP contribution >= 0.6 is 11.6 Å². The van der Waals surface area contributed by atoms with Gasteiger partial charge in [0.05, 0.1) is 51.9 Å². The lowest BCUT2D eigenvalue weighted by Gasteiger charge is -2.16. The van der Waals surface area contributed by atoms with Gasteiger partial charge < -0.3 is 19.7 Å². The Morgan fingerprint density at radius 1 is 1.27 bits per heavy atom. The predicted molar refractivity (Wildman–Crippen MR) is 162 cm³/mol. The summed E-state index contributed by atoms with van der Waals surface area (Å²) in [7, 11) is 1.25. The van der Waals surface area contributed by atoms with Crippen molar-refractivity contribution < 1.29 is 40.3 Å². The normalized spacial score (nSPS) is 19.1. The molecule has 0 aliphatic carbocycles.